The molecule has 0 saturated heterocycles. The highest BCUT2D eigenvalue weighted by Crippen LogP contribution is 2.21. The normalized spacial score (nSPS) is 12.3. The van der Waals surface area contributed by atoms with Crippen LogP contribution < -0.4 is 4.74 Å². The van der Waals surface area contributed by atoms with Crippen molar-refractivity contribution in [1.82, 2.24) is 4.90 Å². The summed E-state index contributed by atoms with van der Waals surface area (Å²) in [6.45, 7) is -1.03. The molecule has 0 aliphatic heterocycles. The Kier molecular flexibility index (Phi) is 5.69. The second kappa shape index (κ2) is 7.04. The maximum Gasteiger partial charge on any atom is 0.387 e. The van der Waals surface area contributed by atoms with Crippen molar-refractivity contribution in [2.75, 3.05) is 13.6 Å². The third-order valence-electron chi connectivity index (χ3n) is 2.56. The van der Waals surface area contributed by atoms with Crippen LogP contribution >= 0.6 is 0 Å². The molecule has 106 valence electrons. The SMILES string of the molecule is CC(O)CCN(C)C(=O)c1ccccc1OC(F)F. The summed E-state index contributed by atoms with van der Waals surface area (Å²) < 4.78 is 28.8. The second-order valence-electron chi connectivity index (χ2n) is 4.24. The molecule has 1 unspecified atom stereocenters. The highest BCUT2D eigenvalue weighted by Gasteiger charge is 2.18. The third kappa shape index (κ3) is 4.82. The summed E-state index contributed by atoms with van der Waals surface area (Å²) in [6.07, 6.45) is -0.108. The Morgan fingerprint density at radius 1 is 1.42 bits per heavy atom. The minimum atomic E-state index is -2.98. The molecule has 0 aliphatic rings. The number of halogens is 2. The maximum absolute atomic E-state index is 12.2. The van der Waals surface area contributed by atoms with E-state index in [4.69, 9.17) is 5.11 Å². The third-order valence-corrected chi connectivity index (χ3v) is 2.56. The molecule has 0 aromatic heterocycles. The van der Waals surface area contributed by atoms with E-state index in [1.54, 1.807) is 20.0 Å². The van der Waals surface area contributed by atoms with E-state index in [0.717, 1.165) is 0 Å². The van der Waals surface area contributed by atoms with Crippen molar-refractivity contribution in [3.63, 3.8) is 0 Å². The molecule has 0 spiro atoms. The fourth-order valence-electron chi connectivity index (χ4n) is 1.53. The molecule has 6 heteroatoms. The Labute approximate surface area is 110 Å². The Bertz CT molecular complexity index is 424. The Morgan fingerprint density at radius 2 is 2.05 bits per heavy atom. The number of para-hydroxylation sites is 1. The summed E-state index contributed by atoms with van der Waals surface area (Å²) in [7, 11) is 1.55. The van der Waals surface area contributed by atoms with E-state index in [9.17, 15) is 13.6 Å². The minimum Gasteiger partial charge on any atom is -0.434 e. The van der Waals surface area contributed by atoms with Gasteiger partial charge in [0.2, 0.25) is 0 Å². The highest BCUT2D eigenvalue weighted by molar-refractivity contribution is 5.96. The first-order valence-electron chi connectivity index (χ1n) is 5.89. The van der Waals surface area contributed by atoms with Gasteiger partial charge in [-0.1, -0.05) is 12.1 Å². The first kappa shape index (κ1) is 15.4. The van der Waals surface area contributed by atoms with E-state index in [1.807, 2.05) is 0 Å². The predicted octanol–water partition coefficient (Wildman–Crippen LogP) is 2.13. The molecule has 1 atom stereocenters. The van der Waals surface area contributed by atoms with Crippen LogP contribution in [0.25, 0.3) is 0 Å². The lowest BCUT2D eigenvalue weighted by atomic mass is 10.1. The number of carbonyl (C=O) groups is 1. The Balaban J connectivity index is 2.80. The number of ether oxygens (including phenoxy) is 1. The van der Waals surface area contributed by atoms with E-state index < -0.39 is 18.6 Å². The number of rotatable bonds is 6. The number of hydrogen-bond acceptors (Lipinski definition) is 3. The van der Waals surface area contributed by atoms with Crippen LogP contribution in [0.15, 0.2) is 24.3 Å². The van der Waals surface area contributed by atoms with Crippen LogP contribution in [0.4, 0.5) is 8.78 Å². The summed E-state index contributed by atoms with van der Waals surface area (Å²) in [4.78, 5) is 13.4. The topological polar surface area (TPSA) is 49.8 Å². The van der Waals surface area contributed by atoms with Gasteiger partial charge in [0.25, 0.3) is 5.91 Å². The molecule has 0 fully saturated rings. The molecule has 19 heavy (non-hydrogen) atoms. The van der Waals surface area contributed by atoms with Gasteiger partial charge in [-0.2, -0.15) is 8.78 Å². The Morgan fingerprint density at radius 3 is 2.63 bits per heavy atom. The van der Waals surface area contributed by atoms with Gasteiger partial charge in [0, 0.05) is 13.6 Å². The van der Waals surface area contributed by atoms with Crippen LogP contribution in [0, 0.1) is 0 Å². The Hall–Kier alpha value is -1.69. The van der Waals surface area contributed by atoms with Crippen molar-refractivity contribution in [2.45, 2.75) is 26.1 Å². The lowest BCUT2D eigenvalue weighted by molar-refractivity contribution is -0.0502. The molecule has 0 heterocycles. The van der Waals surface area contributed by atoms with Gasteiger partial charge in [0.1, 0.15) is 5.75 Å². The van der Waals surface area contributed by atoms with Crippen LogP contribution in [0.2, 0.25) is 0 Å². The number of amides is 1. The van der Waals surface area contributed by atoms with Crippen LogP contribution in [-0.2, 0) is 0 Å². The molecule has 1 rings (SSSR count). The molecule has 0 bridgehead atoms. The summed E-state index contributed by atoms with van der Waals surface area (Å²) in [6, 6.07) is 5.85. The van der Waals surface area contributed by atoms with Gasteiger partial charge in [0.15, 0.2) is 0 Å². The number of aliphatic hydroxyl groups excluding tert-OH is 1. The summed E-state index contributed by atoms with van der Waals surface area (Å²) >= 11 is 0. The molecule has 1 aromatic carbocycles. The number of carbonyl (C=O) groups excluding carboxylic acids is 1. The first-order valence-corrected chi connectivity index (χ1v) is 5.89. The number of aliphatic hydroxyl groups is 1. The number of benzene rings is 1. The van der Waals surface area contributed by atoms with Crippen molar-refractivity contribution in [1.29, 1.82) is 0 Å². The van der Waals surface area contributed by atoms with E-state index >= 15 is 0 Å². The zero-order chi connectivity index (χ0) is 14.4. The molecule has 1 amide bonds. The fraction of sp³-hybridized carbons (Fsp3) is 0.462. The van der Waals surface area contributed by atoms with Crippen LogP contribution in [-0.4, -0.2) is 42.2 Å². The minimum absolute atomic E-state index is 0.0795. The van der Waals surface area contributed by atoms with Crippen molar-refractivity contribution >= 4 is 5.91 Å². The second-order valence-corrected chi connectivity index (χ2v) is 4.24. The van der Waals surface area contributed by atoms with E-state index in [1.165, 1.54) is 23.1 Å². The van der Waals surface area contributed by atoms with Crippen LogP contribution in [0.3, 0.4) is 0 Å². The van der Waals surface area contributed by atoms with Crippen molar-refractivity contribution in [3.05, 3.63) is 29.8 Å². The molecule has 0 radical (unpaired) electrons. The molecule has 1 N–H and O–H groups in total. The average molecular weight is 273 g/mol. The molecular formula is C13H17F2NO3. The van der Waals surface area contributed by atoms with Gasteiger partial charge in [-0.25, -0.2) is 0 Å². The van der Waals surface area contributed by atoms with Gasteiger partial charge in [-0.3, -0.25) is 4.79 Å². The van der Waals surface area contributed by atoms with Gasteiger partial charge in [0.05, 0.1) is 11.7 Å². The number of hydrogen-bond donors (Lipinski definition) is 1. The molecule has 0 saturated carbocycles. The van der Waals surface area contributed by atoms with Gasteiger partial charge >= 0.3 is 6.61 Å². The van der Waals surface area contributed by atoms with Crippen molar-refractivity contribution in [3.8, 4) is 5.75 Å². The summed E-state index contributed by atoms with van der Waals surface area (Å²) in [5, 5.41) is 9.17. The molecule has 4 nitrogen and oxygen atoms in total. The van der Waals surface area contributed by atoms with Crippen molar-refractivity contribution in [2.24, 2.45) is 0 Å². The van der Waals surface area contributed by atoms with E-state index in [-0.39, 0.29) is 11.3 Å². The molecule has 0 aliphatic carbocycles. The maximum atomic E-state index is 12.2. The lowest BCUT2D eigenvalue weighted by Gasteiger charge is -2.19. The largest absolute Gasteiger partial charge is 0.434 e. The summed E-state index contributed by atoms with van der Waals surface area (Å²) in [5.74, 6) is -0.566. The first-order chi connectivity index (χ1) is 8.91. The monoisotopic (exact) mass is 273 g/mol. The standard InChI is InChI=1S/C13H17F2NO3/c1-9(17)7-8-16(2)12(18)10-5-3-4-6-11(10)19-13(14)15/h3-6,9,13,17H,7-8H2,1-2H3. The molecule has 1 aromatic rings. The zero-order valence-electron chi connectivity index (χ0n) is 10.8. The fourth-order valence-corrected chi connectivity index (χ4v) is 1.53. The zero-order valence-corrected chi connectivity index (χ0v) is 10.8. The quantitative estimate of drug-likeness (QED) is 0.863. The summed E-state index contributed by atoms with van der Waals surface area (Å²) in [5.41, 5.74) is 0.0795. The molecular weight excluding hydrogens is 256 g/mol. The highest BCUT2D eigenvalue weighted by atomic mass is 19.3. The lowest BCUT2D eigenvalue weighted by Crippen LogP contribution is -2.30. The average Bonchev–Trinajstić information content (AvgIpc) is 2.35. The number of nitrogens with zero attached hydrogens (tertiary/aromatic N) is 1. The van der Waals surface area contributed by atoms with Gasteiger partial charge < -0.3 is 14.7 Å². The van der Waals surface area contributed by atoms with Crippen molar-refractivity contribution < 1.29 is 23.4 Å². The van der Waals surface area contributed by atoms with E-state index in [2.05, 4.69) is 4.74 Å². The van der Waals surface area contributed by atoms with Gasteiger partial charge in [-0.15, -0.1) is 0 Å². The number of alkyl halides is 2. The predicted molar refractivity (Wildman–Crippen MR) is 66.3 cm³/mol. The van der Waals surface area contributed by atoms with E-state index in [0.29, 0.717) is 13.0 Å². The smallest absolute Gasteiger partial charge is 0.387 e. The van der Waals surface area contributed by atoms with Crippen LogP contribution in [0.5, 0.6) is 5.75 Å². The van der Waals surface area contributed by atoms with Crippen LogP contribution in [0.1, 0.15) is 23.7 Å². The van der Waals surface area contributed by atoms with Gasteiger partial charge in [-0.05, 0) is 25.5 Å².